The Bertz CT molecular complexity index is 2470. The van der Waals surface area contributed by atoms with Crippen LogP contribution in [0.2, 0.25) is 0 Å². The van der Waals surface area contributed by atoms with Crippen LogP contribution in [0, 0.1) is 0 Å². The van der Waals surface area contributed by atoms with E-state index < -0.39 is 0 Å². The monoisotopic (exact) mass is 577 g/mol. The molecule has 0 bridgehead atoms. The summed E-state index contributed by atoms with van der Waals surface area (Å²) in [4.78, 5) is 10.2. The maximum absolute atomic E-state index is 6.41. The third kappa shape index (κ3) is 4.47. The molecule has 1 aliphatic rings. The van der Waals surface area contributed by atoms with Crippen LogP contribution in [-0.2, 0) is 0 Å². The molecule has 0 fully saturated rings. The van der Waals surface area contributed by atoms with Gasteiger partial charge in [0.1, 0.15) is 23.2 Å². The van der Waals surface area contributed by atoms with Crippen molar-refractivity contribution in [1.82, 2.24) is 5.32 Å². The molecule has 45 heavy (non-hydrogen) atoms. The molecule has 1 unspecified atom stereocenters. The molecule has 2 heterocycles. The van der Waals surface area contributed by atoms with Crippen molar-refractivity contribution in [3.63, 3.8) is 0 Å². The molecule has 0 saturated heterocycles. The zero-order chi connectivity index (χ0) is 29.7. The number of rotatable bonds is 4. The molecule has 8 aromatic rings. The maximum atomic E-state index is 6.41. The van der Waals surface area contributed by atoms with Crippen LogP contribution >= 0.6 is 0 Å². The van der Waals surface area contributed by atoms with E-state index in [0.717, 1.165) is 50.0 Å². The van der Waals surface area contributed by atoms with Gasteiger partial charge in [-0.3, -0.25) is 0 Å². The summed E-state index contributed by atoms with van der Waals surface area (Å²) >= 11 is 0. The third-order valence-corrected chi connectivity index (χ3v) is 8.70. The summed E-state index contributed by atoms with van der Waals surface area (Å²) in [6.45, 7) is 0. The summed E-state index contributed by atoms with van der Waals surface area (Å²) in [6, 6.07) is 52.9. The highest BCUT2D eigenvalue weighted by atomic mass is 16.3. The van der Waals surface area contributed by atoms with E-state index in [1.807, 2.05) is 30.3 Å². The van der Waals surface area contributed by atoms with Crippen LogP contribution in [0.4, 0.5) is 0 Å². The second-order valence-corrected chi connectivity index (χ2v) is 11.5. The Balaban J connectivity index is 1.20. The molecular formula is C41H27N3O. The van der Waals surface area contributed by atoms with E-state index in [1.165, 1.54) is 27.1 Å². The van der Waals surface area contributed by atoms with Crippen LogP contribution in [0.1, 0.15) is 22.9 Å². The molecule has 4 nitrogen and oxygen atoms in total. The standard InChI is InChI=1S/C41H27N3O/c1-2-11-28(12-3-1)39-42-40(33-20-18-27-10-5-7-14-30(27)24-33)44-41(43-39)34-15-8-16-37-38(34)35-25-32(21-22-36(35)45-37)31-19-17-26-9-4-6-13-29(26)23-31/h1-25,41H,(H,42,43,44). The molecule has 0 amide bonds. The lowest BCUT2D eigenvalue weighted by Crippen LogP contribution is -2.33. The van der Waals surface area contributed by atoms with Gasteiger partial charge in [-0.2, -0.15) is 0 Å². The van der Waals surface area contributed by atoms with Crippen LogP contribution in [0.5, 0.6) is 0 Å². The minimum atomic E-state index is -0.368. The van der Waals surface area contributed by atoms with E-state index in [4.69, 9.17) is 14.4 Å². The van der Waals surface area contributed by atoms with Crippen LogP contribution < -0.4 is 5.32 Å². The predicted octanol–water partition coefficient (Wildman–Crippen LogP) is 10.1. The number of furan rings is 1. The summed E-state index contributed by atoms with van der Waals surface area (Å²) in [6.07, 6.45) is -0.368. The molecule has 9 rings (SSSR count). The molecule has 212 valence electrons. The first kappa shape index (κ1) is 25.5. The highest BCUT2D eigenvalue weighted by Crippen LogP contribution is 2.38. The Morgan fingerprint density at radius 3 is 1.91 bits per heavy atom. The number of nitrogens with one attached hydrogen (secondary N) is 1. The summed E-state index contributed by atoms with van der Waals surface area (Å²) in [5.41, 5.74) is 7.06. The first-order chi connectivity index (χ1) is 22.3. The average Bonchev–Trinajstić information content (AvgIpc) is 3.49. The van der Waals surface area contributed by atoms with Gasteiger partial charge in [-0.15, -0.1) is 0 Å². The van der Waals surface area contributed by atoms with Gasteiger partial charge in [0, 0.05) is 27.5 Å². The molecular weight excluding hydrogens is 550 g/mol. The number of nitrogens with zero attached hydrogens (tertiary/aromatic N) is 2. The Labute approximate surface area is 260 Å². The zero-order valence-corrected chi connectivity index (χ0v) is 24.3. The van der Waals surface area contributed by atoms with Crippen LogP contribution in [-0.4, -0.2) is 11.7 Å². The molecule has 1 aliphatic heterocycles. The number of hydrogen-bond donors (Lipinski definition) is 1. The highest BCUT2D eigenvalue weighted by Gasteiger charge is 2.24. The summed E-state index contributed by atoms with van der Waals surface area (Å²) in [7, 11) is 0. The third-order valence-electron chi connectivity index (χ3n) is 8.70. The van der Waals surface area contributed by atoms with E-state index in [1.54, 1.807) is 0 Å². The highest BCUT2D eigenvalue weighted by molar-refractivity contribution is 6.15. The van der Waals surface area contributed by atoms with Crippen molar-refractivity contribution in [2.75, 3.05) is 0 Å². The minimum Gasteiger partial charge on any atom is -0.456 e. The van der Waals surface area contributed by atoms with Crippen LogP contribution in [0.3, 0.4) is 0 Å². The topological polar surface area (TPSA) is 49.9 Å². The van der Waals surface area contributed by atoms with Crippen LogP contribution in [0.25, 0.3) is 54.6 Å². The number of benzene rings is 7. The largest absolute Gasteiger partial charge is 0.456 e. The number of fused-ring (bicyclic) bond motifs is 5. The molecule has 0 saturated carbocycles. The summed E-state index contributed by atoms with van der Waals surface area (Å²) < 4.78 is 6.41. The fraction of sp³-hybridized carbons (Fsp3) is 0.0244. The van der Waals surface area contributed by atoms with Gasteiger partial charge in [0.15, 0.2) is 5.84 Å². The van der Waals surface area contributed by atoms with Gasteiger partial charge < -0.3 is 9.73 Å². The van der Waals surface area contributed by atoms with Gasteiger partial charge in [0.25, 0.3) is 0 Å². The summed E-state index contributed by atoms with van der Waals surface area (Å²) in [5.74, 6) is 1.49. The van der Waals surface area contributed by atoms with Crippen molar-refractivity contribution in [1.29, 1.82) is 0 Å². The second-order valence-electron chi connectivity index (χ2n) is 11.5. The number of amidine groups is 2. The van der Waals surface area contributed by atoms with Gasteiger partial charge in [0.05, 0.1) is 0 Å². The van der Waals surface area contributed by atoms with E-state index in [0.29, 0.717) is 5.84 Å². The van der Waals surface area contributed by atoms with E-state index in [9.17, 15) is 0 Å². The first-order valence-electron chi connectivity index (χ1n) is 15.2. The van der Waals surface area contributed by atoms with Gasteiger partial charge in [-0.05, 0) is 63.0 Å². The van der Waals surface area contributed by atoms with Gasteiger partial charge in [0.2, 0.25) is 0 Å². The minimum absolute atomic E-state index is 0.368. The Morgan fingerprint density at radius 1 is 0.489 bits per heavy atom. The molecule has 0 spiro atoms. The van der Waals surface area contributed by atoms with Gasteiger partial charge >= 0.3 is 0 Å². The van der Waals surface area contributed by atoms with E-state index in [2.05, 4.69) is 127 Å². The molecule has 4 heteroatoms. The zero-order valence-electron chi connectivity index (χ0n) is 24.3. The van der Waals surface area contributed by atoms with Gasteiger partial charge in [-0.1, -0.05) is 121 Å². The Morgan fingerprint density at radius 2 is 1.13 bits per heavy atom. The predicted molar refractivity (Wildman–Crippen MR) is 186 cm³/mol. The average molecular weight is 578 g/mol. The molecule has 0 aliphatic carbocycles. The van der Waals surface area contributed by atoms with Crippen molar-refractivity contribution < 1.29 is 4.42 Å². The number of aliphatic imine (C=N–C) groups is 2. The van der Waals surface area contributed by atoms with E-state index in [-0.39, 0.29) is 6.17 Å². The molecule has 1 N–H and O–H groups in total. The normalized spacial score (nSPS) is 14.9. The van der Waals surface area contributed by atoms with Crippen molar-refractivity contribution >= 4 is 55.2 Å². The Hall–Kier alpha value is -6.00. The van der Waals surface area contributed by atoms with Crippen molar-refractivity contribution in [3.8, 4) is 11.1 Å². The molecule has 7 aromatic carbocycles. The molecule has 1 aromatic heterocycles. The number of hydrogen-bond acceptors (Lipinski definition) is 4. The SMILES string of the molecule is c1ccc(C2=NC(c3cccc4oc5ccc(-c6ccc7ccccc7c6)cc5c34)NC(c3ccc4ccccc4c3)=N2)cc1. The lowest BCUT2D eigenvalue weighted by molar-refractivity contribution is 0.662. The van der Waals surface area contributed by atoms with Crippen molar-refractivity contribution in [2.45, 2.75) is 6.17 Å². The van der Waals surface area contributed by atoms with Crippen molar-refractivity contribution in [3.05, 3.63) is 168 Å². The smallest absolute Gasteiger partial charge is 0.159 e. The summed E-state index contributed by atoms with van der Waals surface area (Å²) in [5, 5.41) is 10.6. The molecule has 1 atom stereocenters. The lowest BCUT2D eigenvalue weighted by atomic mass is 9.98. The first-order valence-corrected chi connectivity index (χ1v) is 15.2. The molecule has 0 radical (unpaired) electrons. The lowest BCUT2D eigenvalue weighted by Gasteiger charge is -2.24. The maximum Gasteiger partial charge on any atom is 0.159 e. The fourth-order valence-corrected chi connectivity index (χ4v) is 6.44. The van der Waals surface area contributed by atoms with Crippen LogP contribution in [0.15, 0.2) is 166 Å². The second kappa shape index (κ2) is 10.3. The quantitative estimate of drug-likeness (QED) is 0.226. The van der Waals surface area contributed by atoms with E-state index >= 15 is 0 Å². The Kier molecular flexibility index (Phi) is 5.85. The fourth-order valence-electron chi connectivity index (χ4n) is 6.44. The van der Waals surface area contributed by atoms with Gasteiger partial charge in [-0.25, -0.2) is 9.98 Å². The van der Waals surface area contributed by atoms with Crippen molar-refractivity contribution in [2.24, 2.45) is 9.98 Å².